The van der Waals surface area contributed by atoms with Gasteiger partial charge in [0.1, 0.15) is 5.76 Å². The molecule has 0 saturated heterocycles. The molecule has 0 aliphatic carbocycles. The summed E-state index contributed by atoms with van der Waals surface area (Å²) in [4.78, 5) is 0. The van der Waals surface area contributed by atoms with Crippen molar-refractivity contribution in [3.05, 3.63) is 24.0 Å². The molecule has 5 nitrogen and oxygen atoms in total. The molecule has 16 heavy (non-hydrogen) atoms. The van der Waals surface area contributed by atoms with Crippen LogP contribution >= 0.6 is 0 Å². The lowest BCUT2D eigenvalue weighted by Crippen LogP contribution is -2.30. The summed E-state index contributed by atoms with van der Waals surface area (Å²) in [6, 6.07) is 0. The fraction of sp³-hybridized carbons (Fsp3) is 0.636. The molecule has 0 fully saturated rings. The highest BCUT2D eigenvalue weighted by atomic mass is 16.6. The molecule has 2 atom stereocenters. The van der Waals surface area contributed by atoms with E-state index in [-0.39, 0.29) is 19.8 Å². The molecule has 0 spiro atoms. The summed E-state index contributed by atoms with van der Waals surface area (Å²) in [6.07, 6.45) is 0.740. The standard InChI is InChI=1S/C11H18O5/c1-8-6-16-10(13)5-9(8)15-4-3-11(2,14)7-12/h5,10,12-14H,1,3-4,6-7H2,2H3. The van der Waals surface area contributed by atoms with Crippen LogP contribution in [0.3, 0.4) is 0 Å². The third kappa shape index (κ3) is 3.94. The van der Waals surface area contributed by atoms with E-state index in [1.54, 1.807) is 0 Å². The van der Waals surface area contributed by atoms with E-state index in [1.165, 1.54) is 13.0 Å². The lowest BCUT2D eigenvalue weighted by Gasteiger charge is -2.23. The molecule has 0 aromatic rings. The van der Waals surface area contributed by atoms with Gasteiger partial charge in [0.25, 0.3) is 0 Å². The molecular formula is C11H18O5. The SMILES string of the molecule is C=C1COC(O)C=C1OCCC(C)(O)CO. The van der Waals surface area contributed by atoms with Crippen LogP contribution in [-0.4, -0.2) is 47.0 Å². The average molecular weight is 230 g/mol. The van der Waals surface area contributed by atoms with Gasteiger partial charge in [-0.2, -0.15) is 0 Å². The first-order valence-electron chi connectivity index (χ1n) is 5.10. The minimum Gasteiger partial charge on any atom is -0.493 e. The summed E-state index contributed by atoms with van der Waals surface area (Å²) >= 11 is 0. The van der Waals surface area contributed by atoms with Crippen LogP contribution in [0.25, 0.3) is 0 Å². The van der Waals surface area contributed by atoms with Crippen LogP contribution in [0.15, 0.2) is 24.0 Å². The molecular weight excluding hydrogens is 212 g/mol. The van der Waals surface area contributed by atoms with Crippen LogP contribution in [0, 0.1) is 0 Å². The number of aliphatic hydroxyl groups excluding tert-OH is 2. The monoisotopic (exact) mass is 230 g/mol. The fourth-order valence-electron chi connectivity index (χ4n) is 1.16. The number of aliphatic hydroxyl groups is 3. The van der Waals surface area contributed by atoms with Crippen LogP contribution in [-0.2, 0) is 9.47 Å². The van der Waals surface area contributed by atoms with Crippen LogP contribution in [0.4, 0.5) is 0 Å². The van der Waals surface area contributed by atoms with Crippen molar-refractivity contribution in [2.24, 2.45) is 0 Å². The highest BCUT2D eigenvalue weighted by Gasteiger charge is 2.20. The van der Waals surface area contributed by atoms with Gasteiger partial charge in [-0.15, -0.1) is 0 Å². The normalized spacial score (nSPS) is 24.9. The van der Waals surface area contributed by atoms with Crippen LogP contribution in [0.1, 0.15) is 13.3 Å². The van der Waals surface area contributed by atoms with E-state index < -0.39 is 11.9 Å². The maximum Gasteiger partial charge on any atom is 0.178 e. The highest BCUT2D eigenvalue weighted by Crippen LogP contribution is 2.19. The molecule has 1 rings (SSSR count). The summed E-state index contributed by atoms with van der Waals surface area (Å²) in [5, 5.41) is 27.5. The van der Waals surface area contributed by atoms with Crippen molar-refractivity contribution in [3.8, 4) is 0 Å². The molecule has 1 heterocycles. The zero-order chi connectivity index (χ0) is 12.2. The molecule has 0 radical (unpaired) electrons. The largest absolute Gasteiger partial charge is 0.493 e. The summed E-state index contributed by atoms with van der Waals surface area (Å²) in [5.41, 5.74) is -0.500. The van der Waals surface area contributed by atoms with Gasteiger partial charge in [0.05, 0.1) is 25.4 Å². The van der Waals surface area contributed by atoms with Crippen LogP contribution < -0.4 is 0 Å². The Kier molecular flexibility index (Phi) is 4.49. The van der Waals surface area contributed by atoms with E-state index in [2.05, 4.69) is 6.58 Å². The second-order valence-electron chi connectivity index (χ2n) is 4.09. The van der Waals surface area contributed by atoms with Gasteiger partial charge in [0.2, 0.25) is 0 Å². The zero-order valence-corrected chi connectivity index (χ0v) is 9.35. The number of hydrogen-bond acceptors (Lipinski definition) is 5. The zero-order valence-electron chi connectivity index (χ0n) is 9.35. The molecule has 5 heteroatoms. The summed E-state index contributed by atoms with van der Waals surface area (Å²) in [6.45, 7) is 5.40. The first kappa shape index (κ1) is 13.2. The first-order valence-corrected chi connectivity index (χ1v) is 5.10. The topological polar surface area (TPSA) is 79.2 Å². The Hall–Kier alpha value is -0.880. The molecule has 3 N–H and O–H groups in total. The summed E-state index contributed by atoms with van der Waals surface area (Å²) in [7, 11) is 0. The molecule has 0 aromatic carbocycles. The van der Waals surface area contributed by atoms with E-state index in [4.69, 9.17) is 14.6 Å². The molecule has 0 bridgehead atoms. The van der Waals surface area contributed by atoms with Gasteiger partial charge in [-0.05, 0) is 6.92 Å². The summed E-state index contributed by atoms with van der Waals surface area (Å²) in [5.74, 6) is 0.479. The number of ether oxygens (including phenoxy) is 2. The van der Waals surface area contributed by atoms with Crippen molar-refractivity contribution in [1.29, 1.82) is 0 Å². The lowest BCUT2D eigenvalue weighted by atomic mass is 10.1. The molecule has 92 valence electrons. The lowest BCUT2D eigenvalue weighted by molar-refractivity contribution is -0.0669. The second kappa shape index (κ2) is 5.45. The molecule has 0 amide bonds. The minimum absolute atomic E-state index is 0.226. The van der Waals surface area contributed by atoms with Crippen LogP contribution in [0.5, 0.6) is 0 Å². The van der Waals surface area contributed by atoms with E-state index in [1.807, 2.05) is 0 Å². The summed E-state index contributed by atoms with van der Waals surface area (Å²) < 4.78 is 10.3. The molecule has 1 aliphatic heterocycles. The molecule has 1 aliphatic rings. The van der Waals surface area contributed by atoms with Gasteiger partial charge in [-0.25, -0.2) is 0 Å². The Labute approximate surface area is 94.6 Å². The number of rotatable bonds is 5. The maximum atomic E-state index is 9.52. The van der Waals surface area contributed by atoms with Crippen molar-refractivity contribution in [2.45, 2.75) is 25.2 Å². The smallest absolute Gasteiger partial charge is 0.178 e. The molecule has 0 saturated carbocycles. The highest BCUT2D eigenvalue weighted by molar-refractivity contribution is 5.25. The van der Waals surface area contributed by atoms with Gasteiger partial charge in [0, 0.05) is 18.1 Å². The van der Waals surface area contributed by atoms with Gasteiger partial charge >= 0.3 is 0 Å². The molecule has 0 aromatic heterocycles. The van der Waals surface area contributed by atoms with E-state index in [9.17, 15) is 10.2 Å². The van der Waals surface area contributed by atoms with Gasteiger partial charge in [0.15, 0.2) is 6.29 Å². The Morgan fingerprint density at radius 3 is 3.00 bits per heavy atom. The maximum absolute atomic E-state index is 9.52. The van der Waals surface area contributed by atoms with Crippen molar-refractivity contribution in [3.63, 3.8) is 0 Å². The van der Waals surface area contributed by atoms with E-state index >= 15 is 0 Å². The Morgan fingerprint density at radius 2 is 2.38 bits per heavy atom. The van der Waals surface area contributed by atoms with E-state index in [0.29, 0.717) is 17.8 Å². The van der Waals surface area contributed by atoms with Crippen molar-refractivity contribution in [2.75, 3.05) is 19.8 Å². The average Bonchev–Trinajstić information content (AvgIpc) is 2.23. The van der Waals surface area contributed by atoms with Crippen molar-refractivity contribution < 1.29 is 24.8 Å². The predicted molar refractivity (Wildman–Crippen MR) is 57.5 cm³/mol. The third-order valence-electron chi connectivity index (χ3n) is 2.31. The minimum atomic E-state index is -1.15. The van der Waals surface area contributed by atoms with Crippen molar-refractivity contribution >= 4 is 0 Å². The van der Waals surface area contributed by atoms with Crippen molar-refractivity contribution in [1.82, 2.24) is 0 Å². The van der Waals surface area contributed by atoms with Gasteiger partial charge in [-0.1, -0.05) is 6.58 Å². The van der Waals surface area contributed by atoms with E-state index in [0.717, 1.165) is 0 Å². The Balaban J connectivity index is 2.40. The van der Waals surface area contributed by atoms with Gasteiger partial charge < -0.3 is 24.8 Å². The second-order valence-corrected chi connectivity index (χ2v) is 4.09. The van der Waals surface area contributed by atoms with Gasteiger partial charge in [-0.3, -0.25) is 0 Å². The third-order valence-corrected chi connectivity index (χ3v) is 2.31. The predicted octanol–water partition coefficient (Wildman–Crippen LogP) is -0.0749. The Bertz CT molecular complexity index is 282. The Morgan fingerprint density at radius 1 is 1.69 bits per heavy atom. The van der Waals surface area contributed by atoms with Crippen LogP contribution in [0.2, 0.25) is 0 Å². The molecule has 2 unspecified atom stereocenters. The quantitative estimate of drug-likeness (QED) is 0.616. The first-order chi connectivity index (χ1) is 7.44. The number of hydrogen-bond donors (Lipinski definition) is 3. The fourth-order valence-corrected chi connectivity index (χ4v) is 1.16.